The van der Waals surface area contributed by atoms with E-state index in [9.17, 15) is 25.0 Å². The molecule has 0 unspecified atom stereocenters. The predicted octanol–water partition coefficient (Wildman–Crippen LogP) is 3.93. The molecule has 8 nitrogen and oxygen atoms in total. The summed E-state index contributed by atoms with van der Waals surface area (Å²) in [4.78, 5) is 32.0. The van der Waals surface area contributed by atoms with Crippen LogP contribution >= 0.6 is 11.6 Å². The van der Waals surface area contributed by atoms with Crippen molar-refractivity contribution in [2.45, 2.75) is 6.92 Å². The average Bonchev–Trinajstić information content (AvgIpc) is 2.46. The first-order chi connectivity index (χ1) is 10.8. The number of carbonyl (C=O) groups is 1. The SMILES string of the molecule is Cc1cccc(Nc2c(C(=O)Cl)cc([N+](=O)[O-])cc2[N+](=O)[O-])c1. The quantitative estimate of drug-likeness (QED) is 0.502. The summed E-state index contributed by atoms with van der Waals surface area (Å²) in [6.45, 7) is 1.82. The summed E-state index contributed by atoms with van der Waals surface area (Å²) < 4.78 is 0. The van der Waals surface area contributed by atoms with E-state index in [1.807, 2.05) is 13.0 Å². The van der Waals surface area contributed by atoms with E-state index in [4.69, 9.17) is 11.6 Å². The summed E-state index contributed by atoms with van der Waals surface area (Å²) in [6.07, 6.45) is 0. The van der Waals surface area contributed by atoms with Gasteiger partial charge >= 0.3 is 0 Å². The normalized spacial score (nSPS) is 10.2. The average molecular weight is 336 g/mol. The Kier molecular flexibility index (Phi) is 4.56. The van der Waals surface area contributed by atoms with Crippen LogP contribution in [-0.4, -0.2) is 15.1 Å². The molecule has 0 bridgehead atoms. The number of halogens is 1. The number of carbonyl (C=O) groups excluding carboxylic acids is 1. The fourth-order valence-corrected chi connectivity index (χ4v) is 2.16. The van der Waals surface area contributed by atoms with E-state index >= 15 is 0 Å². The van der Waals surface area contributed by atoms with Gasteiger partial charge in [0.15, 0.2) is 0 Å². The van der Waals surface area contributed by atoms with Gasteiger partial charge in [0.1, 0.15) is 5.69 Å². The first kappa shape index (κ1) is 16.4. The van der Waals surface area contributed by atoms with Crippen LogP contribution < -0.4 is 5.32 Å². The molecule has 2 aromatic rings. The van der Waals surface area contributed by atoms with Crippen LogP contribution in [0.3, 0.4) is 0 Å². The molecule has 0 spiro atoms. The molecule has 0 amide bonds. The van der Waals surface area contributed by atoms with Crippen LogP contribution in [0.15, 0.2) is 36.4 Å². The molecule has 0 aliphatic heterocycles. The summed E-state index contributed by atoms with van der Waals surface area (Å²) in [7, 11) is 0. The topological polar surface area (TPSA) is 115 Å². The number of non-ortho nitro benzene ring substituents is 1. The highest BCUT2D eigenvalue weighted by Gasteiger charge is 2.27. The zero-order valence-electron chi connectivity index (χ0n) is 11.8. The summed E-state index contributed by atoms with van der Waals surface area (Å²) in [5.74, 6) is 0. The Balaban J connectivity index is 2.66. The molecule has 0 saturated carbocycles. The van der Waals surface area contributed by atoms with Gasteiger partial charge in [0, 0.05) is 11.8 Å². The first-order valence-electron chi connectivity index (χ1n) is 6.30. The minimum Gasteiger partial charge on any atom is -0.349 e. The molecule has 118 valence electrons. The van der Waals surface area contributed by atoms with Crippen molar-refractivity contribution >= 4 is 39.6 Å². The standard InChI is InChI=1S/C14H10ClN3O5/c1-8-3-2-4-9(5-8)16-13-11(14(15)19)6-10(17(20)21)7-12(13)18(22)23/h2-7,16H,1H3. The Hall–Kier alpha value is -3.00. The number of aryl methyl sites for hydroxylation is 1. The van der Waals surface area contributed by atoms with Crippen LogP contribution in [0.25, 0.3) is 0 Å². The highest BCUT2D eigenvalue weighted by atomic mass is 35.5. The Morgan fingerprint density at radius 1 is 1.13 bits per heavy atom. The zero-order valence-corrected chi connectivity index (χ0v) is 12.5. The lowest BCUT2D eigenvalue weighted by atomic mass is 10.1. The number of nitro groups is 2. The predicted molar refractivity (Wildman–Crippen MR) is 84.4 cm³/mol. The molecule has 23 heavy (non-hydrogen) atoms. The van der Waals surface area contributed by atoms with Crippen molar-refractivity contribution in [2.24, 2.45) is 0 Å². The summed E-state index contributed by atoms with van der Waals surface area (Å²) >= 11 is 5.44. The lowest BCUT2D eigenvalue weighted by Crippen LogP contribution is -2.05. The fourth-order valence-electron chi connectivity index (χ4n) is 2.01. The Morgan fingerprint density at radius 2 is 1.83 bits per heavy atom. The van der Waals surface area contributed by atoms with Gasteiger partial charge in [-0.15, -0.1) is 0 Å². The van der Waals surface area contributed by atoms with Gasteiger partial charge in [-0.1, -0.05) is 12.1 Å². The summed E-state index contributed by atoms with van der Waals surface area (Å²) in [5.41, 5.74) is -0.347. The van der Waals surface area contributed by atoms with Crippen molar-refractivity contribution in [2.75, 3.05) is 5.32 Å². The smallest absolute Gasteiger partial charge is 0.300 e. The maximum atomic E-state index is 11.6. The number of nitrogens with one attached hydrogen (secondary N) is 1. The first-order valence-corrected chi connectivity index (χ1v) is 6.67. The Morgan fingerprint density at radius 3 is 2.35 bits per heavy atom. The molecule has 0 aromatic heterocycles. The largest absolute Gasteiger partial charge is 0.349 e. The van der Waals surface area contributed by atoms with Crippen molar-refractivity contribution in [3.8, 4) is 0 Å². The third-order valence-corrected chi connectivity index (χ3v) is 3.21. The summed E-state index contributed by atoms with van der Waals surface area (Å²) in [5, 5.41) is 23.8. The van der Waals surface area contributed by atoms with E-state index in [2.05, 4.69) is 5.32 Å². The van der Waals surface area contributed by atoms with Gasteiger partial charge in [-0.2, -0.15) is 0 Å². The number of hydrogen-bond acceptors (Lipinski definition) is 6. The molecule has 0 heterocycles. The molecule has 0 aliphatic carbocycles. The molecular formula is C14H10ClN3O5. The number of rotatable bonds is 5. The Bertz CT molecular complexity index is 787. The van der Waals surface area contributed by atoms with Crippen molar-refractivity contribution in [3.05, 3.63) is 67.8 Å². The number of benzene rings is 2. The highest BCUT2D eigenvalue weighted by Crippen LogP contribution is 2.36. The van der Waals surface area contributed by atoms with E-state index in [1.54, 1.807) is 18.2 Å². The van der Waals surface area contributed by atoms with Gasteiger partial charge in [0.25, 0.3) is 16.6 Å². The van der Waals surface area contributed by atoms with Gasteiger partial charge in [-0.3, -0.25) is 25.0 Å². The molecule has 9 heteroatoms. The maximum Gasteiger partial charge on any atom is 0.300 e. The second kappa shape index (κ2) is 6.41. The van der Waals surface area contributed by atoms with Gasteiger partial charge < -0.3 is 5.32 Å². The number of nitrogens with zero attached hydrogens (tertiary/aromatic N) is 2. The lowest BCUT2D eigenvalue weighted by Gasteiger charge is -2.11. The van der Waals surface area contributed by atoms with Crippen molar-refractivity contribution in [3.63, 3.8) is 0 Å². The van der Waals surface area contributed by atoms with E-state index in [0.717, 1.165) is 17.7 Å². The summed E-state index contributed by atoms with van der Waals surface area (Å²) in [6, 6.07) is 8.57. The van der Waals surface area contributed by atoms with Crippen LogP contribution in [0.5, 0.6) is 0 Å². The lowest BCUT2D eigenvalue weighted by molar-refractivity contribution is -0.393. The van der Waals surface area contributed by atoms with Crippen molar-refractivity contribution in [1.82, 2.24) is 0 Å². The second-order valence-electron chi connectivity index (χ2n) is 4.67. The highest BCUT2D eigenvalue weighted by molar-refractivity contribution is 6.68. The monoisotopic (exact) mass is 335 g/mol. The van der Waals surface area contributed by atoms with Gasteiger partial charge in [-0.05, 0) is 36.2 Å². The minimum atomic E-state index is -1.04. The van der Waals surface area contributed by atoms with Crippen molar-refractivity contribution < 1.29 is 14.6 Å². The van der Waals surface area contributed by atoms with Crippen LogP contribution in [0.1, 0.15) is 15.9 Å². The molecule has 0 aliphatic rings. The van der Waals surface area contributed by atoms with Gasteiger partial charge in [0.05, 0.1) is 21.5 Å². The number of nitro benzene ring substituents is 2. The molecular weight excluding hydrogens is 326 g/mol. The number of anilines is 2. The zero-order chi connectivity index (χ0) is 17.1. The molecule has 0 saturated heterocycles. The Labute approximate surface area is 135 Å². The van der Waals surface area contributed by atoms with Crippen LogP contribution in [0, 0.1) is 27.2 Å². The van der Waals surface area contributed by atoms with Crippen LogP contribution in [0.4, 0.5) is 22.7 Å². The maximum absolute atomic E-state index is 11.6. The van der Waals surface area contributed by atoms with E-state index in [-0.39, 0.29) is 11.3 Å². The third kappa shape index (κ3) is 3.61. The third-order valence-electron chi connectivity index (χ3n) is 3.01. The number of hydrogen-bond donors (Lipinski definition) is 1. The minimum absolute atomic E-state index is 0.189. The molecule has 1 N–H and O–H groups in total. The van der Waals surface area contributed by atoms with Crippen LogP contribution in [0.2, 0.25) is 0 Å². The second-order valence-corrected chi connectivity index (χ2v) is 5.01. The molecule has 2 aromatic carbocycles. The van der Waals surface area contributed by atoms with Crippen LogP contribution in [-0.2, 0) is 0 Å². The molecule has 0 radical (unpaired) electrons. The fraction of sp³-hybridized carbons (Fsp3) is 0.0714. The molecule has 0 atom stereocenters. The molecule has 0 fully saturated rings. The molecule has 2 rings (SSSR count). The van der Waals surface area contributed by atoms with E-state index in [1.165, 1.54) is 0 Å². The van der Waals surface area contributed by atoms with E-state index < -0.39 is 26.5 Å². The van der Waals surface area contributed by atoms with Crippen molar-refractivity contribution in [1.29, 1.82) is 0 Å². The van der Waals surface area contributed by atoms with Gasteiger partial charge in [-0.25, -0.2) is 0 Å². The van der Waals surface area contributed by atoms with E-state index in [0.29, 0.717) is 5.69 Å². The van der Waals surface area contributed by atoms with Gasteiger partial charge in [0.2, 0.25) is 0 Å².